The van der Waals surface area contributed by atoms with E-state index in [9.17, 15) is 4.79 Å². The molecule has 140 valence electrons. The Balaban J connectivity index is 0.000000500. The molecule has 0 atom stereocenters. The van der Waals surface area contributed by atoms with Crippen LogP contribution in [0.2, 0.25) is 0 Å². The molecule has 1 aliphatic rings. The molecular formula is C20H23BrO5. The molecule has 1 heterocycles. The number of ether oxygens (including phenoxy) is 2. The minimum atomic E-state index is -1.29. The van der Waals surface area contributed by atoms with Crippen LogP contribution >= 0.6 is 15.9 Å². The van der Waals surface area contributed by atoms with Gasteiger partial charge in [0.2, 0.25) is 0 Å². The Morgan fingerprint density at radius 3 is 1.88 bits per heavy atom. The van der Waals surface area contributed by atoms with Gasteiger partial charge >= 0.3 is 6.16 Å². The van der Waals surface area contributed by atoms with Gasteiger partial charge in [-0.3, -0.25) is 0 Å². The highest BCUT2D eigenvalue weighted by Gasteiger charge is 2.44. The number of rotatable bonds is 2. The number of hydrogen-bond donors (Lipinski definition) is 2. The number of para-hydroxylation sites is 2. The number of alkyl halides is 1. The molecule has 2 aromatic carbocycles. The van der Waals surface area contributed by atoms with E-state index in [1.807, 2.05) is 61.3 Å². The molecule has 0 unspecified atom stereocenters. The molecule has 0 bridgehead atoms. The van der Waals surface area contributed by atoms with Crippen LogP contribution in [0.5, 0.6) is 11.5 Å². The molecule has 26 heavy (non-hydrogen) atoms. The average Bonchev–Trinajstić information content (AvgIpc) is 2.69. The van der Waals surface area contributed by atoms with Crippen LogP contribution in [-0.2, 0) is 10.3 Å². The van der Waals surface area contributed by atoms with Crippen LogP contribution in [0.3, 0.4) is 0 Å². The molecule has 3 rings (SSSR count). The normalized spacial score (nSPS) is 12.9. The Morgan fingerprint density at radius 2 is 1.54 bits per heavy atom. The summed E-state index contributed by atoms with van der Waals surface area (Å²) in [5.74, 6) is 3.08. The molecule has 0 saturated heterocycles. The van der Waals surface area contributed by atoms with Gasteiger partial charge in [0.25, 0.3) is 0 Å². The molecule has 1 aliphatic heterocycles. The Labute approximate surface area is 162 Å². The van der Waals surface area contributed by atoms with E-state index in [1.54, 1.807) is 13.0 Å². The van der Waals surface area contributed by atoms with Gasteiger partial charge in [-0.25, -0.2) is 4.79 Å². The zero-order chi connectivity index (χ0) is 19.6. The van der Waals surface area contributed by atoms with Crippen molar-refractivity contribution in [3.05, 3.63) is 72.0 Å². The summed E-state index contributed by atoms with van der Waals surface area (Å²) >= 11 is 2.94. The van der Waals surface area contributed by atoms with E-state index in [4.69, 9.17) is 19.7 Å². The zero-order valence-electron chi connectivity index (χ0n) is 15.0. The molecule has 5 nitrogen and oxygen atoms in total. The number of fused-ring (bicyclic) bond motifs is 2. The predicted octanol–water partition coefficient (Wildman–Crippen LogP) is 6.23. The third-order valence-corrected chi connectivity index (χ3v) is 3.77. The maximum Gasteiger partial charge on any atom is 0.507 e. The van der Waals surface area contributed by atoms with Crippen molar-refractivity contribution in [2.75, 3.05) is 5.83 Å². The molecule has 2 aromatic rings. The van der Waals surface area contributed by atoms with E-state index in [1.165, 1.54) is 0 Å². The Kier molecular flexibility index (Phi) is 8.72. The van der Waals surface area contributed by atoms with E-state index >= 15 is 0 Å². The van der Waals surface area contributed by atoms with Gasteiger partial charge in [-0.1, -0.05) is 65.3 Å². The quantitative estimate of drug-likeness (QED) is 0.340. The number of aliphatic hydroxyl groups is 1. The molecule has 6 heteroatoms. The minimum absolute atomic E-state index is 0.497. The number of carbonyl (C=O) groups is 1. The van der Waals surface area contributed by atoms with Crippen LogP contribution in [-0.4, -0.2) is 22.2 Å². The van der Waals surface area contributed by atoms with E-state index in [2.05, 4.69) is 15.9 Å². The smallest absolute Gasteiger partial charge is 0.507 e. The zero-order valence-corrected chi connectivity index (χ0v) is 16.6. The first-order chi connectivity index (χ1) is 12.6. The molecule has 0 amide bonds. The summed E-state index contributed by atoms with van der Waals surface area (Å²) in [5.41, 5.74) is 0.462. The van der Waals surface area contributed by atoms with Crippen molar-refractivity contribution >= 4 is 22.1 Å². The van der Waals surface area contributed by atoms with Gasteiger partial charge in [0.15, 0.2) is 5.60 Å². The second-order valence-electron chi connectivity index (χ2n) is 5.13. The fraction of sp³-hybridized carbons (Fsp3) is 0.250. The van der Waals surface area contributed by atoms with Crippen LogP contribution in [0.25, 0.3) is 0 Å². The van der Waals surface area contributed by atoms with Crippen molar-refractivity contribution in [1.82, 2.24) is 0 Å². The Hall–Kier alpha value is -2.47. The molecule has 0 saturated carbocycles. The molecular weight excluding hydrogens is 400 g/mol. The SMILES string of the molecule is CBr.CC=CO.CCC1(OC(=O)O)c2ccccc2Oc2ccccc21. The van der Waals surface area contributed by atoms with Gasteiger partial charge in [-0.15, -0.1) is 0 Å². The monoisotopic (exact) mass is 422 g/mol. The van der Waals surface area contributed by atoms with Gasteiger partial charge in [-0.05, 0) is 31.3 Å². The summed E-state index contributed by atoms with van der Waals surface area (Å²) in [5, 5.41) is 16.8. The maximum absolute atomic E-state index is 11.2. The summed E-state index contributed by atoms with van der Waals surface area (Å²) in [7, 11) is 0. The highest BCUT2D eigenvalue weighted by Crippen LogP contribution is 2.50. The fourth-order valence-corrected chi connectivity index (χ4v) is 2.75. The van der Waals surface area contributed by atoms with Crippen molar-refractivity contribution in [1.29, 1.82) is 0 Å². The standard InChI is InChI=1S/C16H14O4.C3H6O.CH3Br/c1-2-16(20-15(17)18)11-7-3-5-9-13(11)19-14-10-6-4-8-12(14)16;1-2-3-4;1-2/h3-10H,2H2,1H3,(H,17,18);2-4H,1H3;1H3. The molecule has 0 spiro atoms. The van der Waals surface area contributed by atoms with Crippen LogP contribution in [0.1, 0.15) is 31.4 Å². The second kappa shape index (κ2) is 10.5. The highest BCUT2D eigenvalue weighted by molar-refractivity contribution is 9.08. The van der Waals surface area contributed by atoms with Crippen LogP contribution in [0.15, 0.2) is 60.9 Å². The van der Waals surface area contributed by atoms with Crippen molar-refractivity contribution in [2.45, 2.75) is 25.9 Å². The van der Waals surface area contributed by atoms with E-state index < -0.39 is 11.8 Å². The lowest BCUT2D eigenvalue weighted by Crippen LogP contribution is -2.35. The van der Waals surface area contributed by atoms with Crippen LogP contribution < -0.4 is 4.74 Å². The van der Waals surface area contributed by atoms with Gasteiger partial charge in [0.1, 0.15) is 11.5 Å². The van der Waals surface area contributed by atoms with Gasteiger partial charge in [0.05, 0.1) is 6.26 Å². The number of aliphatic hydroxyl groups excluding tert-OH is 1. The number of allylic oxidation sites excluding steroid dienone is 1. The van der Waals surface area contributed by atoms with Gasteiger partial charge < -0.3 is 19.7 Å². The van der Waals surface area contributed by atoms with Gasteiger partial charge in [0, 0.05) is 11.1 Å². The van der Waals surface area contributed by atoms with E-state index in [-0.39, 0.29) is 0 Å². The number of hydrogen-bond acceptors (Lipinski definition) is 4. The molecule has 2 N–H and O–H groups in total. The topological polar surface area (TPSA) is 76.0 Å². The second-order valence-corrected chi connectivity index (χ2v) is 5.13. The van der Waals surface area contributed by atoms with Crippen molar-refractivity contribution in [3.63, 3.8) is 0 Å². The van der Waals surface area contributed by atoms with Crippen molar-refractivity contribution in [2.24, 2.45) is 0 Å². The van der Waals surface area contributed by atoms with E-state index in [0.29, 0.717) is 17.9 Å². The van der Waals surface area contributed by atoms with E-state index in [0.717, 1.165) is 17.4 Å². The molecule has 0 radical (unpaired) electrons. The third-order valence-electron chi connectivity index (χ3n) is 3.77. The summed E-state index contributed by atoms with van der Waals surface area (Å²) in [6, 6.07) is 14.7. The van der Waals surface area contributed by atoms with Crippen LogP contribution in [0.4, 0.5) is 4.79 Å². The molecule has 0 aliphatic carbocycles. The number of halogens is 1. The fourth-order valence-electron chi connectivity index (χ4n) is 2.75. The summed E-state index contributed by atoms with van der Waals surface area (Å²) in [6.07, 6.45) is 1.76. The molecule has 0 aromatic heterocycles. The average molecular weight is 423 g/mol. The highest BCUT2D eigenvalue weighted by atomic mass is 79.9. The predicted molar refractivity (Wildman–Crippen MR) is 105 cm³/mol. The maximum atomic E-state index is 11.2. The Morgan fingerprint density at radius 1 is 1.12 bits per heavy atom. The van der Waals surface area contributed by atoms with Gasteiger partial charge in [-0.2, -0.15) is 0 Å². The summed E-state index contributed by atoms with van der Waals surface area (Å²) < 4.78 is 11.2. The van der Waals surface area contributed by atoms with Crippen LogP contribution in [0, 0.1) is 0 Å². The first-order valence-electron chi connectivity index (χ1n) is 8.01. The number of carboxylic acid groups (broad SMARTS) is 1. The minimum Gasteiger partial charge on any atom is -0.516 e. The Bertz CT molecular complexity index is 693. The van der Waals surface area contributed by atoms with Crippen molar-refractivity contribution in [3.8, 4) is 11.5 Å². The summed E-state index contributed by atoms with van der Waals surface area (Å²) in [4.78, 5) is 11.2. The molecule has 0 fully saturated rings. The van der Waals surface area contributed by atoms with Crippen molar-refractivity contribution < 1.29 is 24.5 Å². The lowest BCUT2D eigenvalue weighted by molar-refractivity contribution is -0.00440. The third kappa shape index (κ3) is 4.58. The first-order valence-corrected chi connectivity index (χ1v) is 9.59. The summed E-state index contributed by atoms with van der Waals surface area (Å²) in [6.45, 7) is 3.65. The largest absolute Gasteiger partial charge is 0.516 e. The first kappa shape index (κ1) is 21.6. The lowest BCUT2D eigenvalue weighted by Gasteiger charge is -2.37. The lowest BCUT2D eigenvalue weighted by atomic mass is 9.81. The number of benzene rings is 2.